The monoisotopic (exact) mass is 303 g/mol. The van der Waals surface area contributed by atoms with E-state index in [1.165, 1.54) is 6.07 Å². The molecule has 1 N–H and O–H groups in total. The number of aliphatic hydroxyl groups excluding tert-OH is 1. The van der Waals surface area contributed by atoms with Gasteiger partial charge in [-0.3, -0.25) is 4.79 Å². The maximum atomic E-state index is 13.2. The van der Waals surface area contributed by atoms with Crippen molar-refractivity contribution >= 4 is 5.91 Å². The highest BCUT2D eigenvalue weighted by Gasteiger charge is 2.32. The predicted octanol–water partition coefficient (Wildman–Crippen LogP) is 2.19. The Hall–Kier alpha value is -2.07. The van der Waals surface area contributed by atoms with Gasteiger partial charge in [-0.25, -0.2) is 4.39 Å². The van der Waals surface area contributed by atoms with Gasteiger partial charge in [-0.2, -0.15) is 13.2 Å². The van der Waals surface area contributed by atoms with Crippen molar-refractivity contribution in [2.24, 2.45) is 0 Å². The molecule has 0 aliphatic rings. The second kappa shape index (κ2) is 7.09. The molecule has 3 nitrogen and oxygen atoms in total. The Kier molecular flexibility index (Phi) is 5.73. The van der Waals surface area contributed by atoms with E-state index in [-0.39, 0.29) is 24.2 Å². The van der Waals surface area contributed by atoms with E-state index in [4.69, 9.17) is 5.11 Å². The van der Waals surface area contributed by atoms with Crippen LogP contribution >= 0.6 is 0 Å². The number of carbonyl (C=O) groups is 1. The van der Waals surface area contributed by atoms with Crippen LogP contribution in [0.2, 0.25) is 0 Å². The molecule has 1 rings (SSSR count). The number of nitrogens with zero attached hydrogens (tertiary/aromatic N) is 1. The van der Waals surface area contributed by atoms with E-state index < -0.39 is 24.4 Å². The molecule has 21 heavy (non-hydrogen) atoms. The van der Waals surface area contributed by atoms with Crippen LogP contribution in [-0.2, 0) is 0 Å². The molecule has 0 radical (unpaired) electrons. The summed E-state index contributed by atoms with van der Waals surface area (Å²) in [5, 5.41) is 8.62. The second-order valence-electron chi connectivity index (χ2n) is 4.24. The minimum atomic E-state index is -4.54. The largest absolute Gasteiger partial charge is 0.406 e. The van der Waals surface area contributed by atoms with E-state index in [1.807, 2.05) is 0 Å². The summed E-state index contributed by atoms with van der Waals surface area (Å²) in [6, 6.07) is 3.12. The van der Waals surface area contributed by atoms with Crippen molar-refractivity contribution in [2.45, 2.75) is 12.6 Å². The molecule has 1 aromatic rings. The van der Waals surface area contributed by atoms with Crippen LogP contribution in [-0.4, -0.2) is 42.3 Å². The Morgan fingerprint density at radius 1 is 1.38 bits per heavy atom. The molecule has 0 bridgehead atoms. The SMILES string of the molecule is CN(CC(F)(F)F)C(=O)c1cc(F)ccc1C#CCCO. The molecule has 0 aliphatic heterocycles. The third kappa shape index (κ3) is 5.44. The number of amides is 1. The third-order valence-electron chi connectivity index (χ3n) is 2.44. The molecule has 0 unspecified atom stereocenters. The highest BCUT2D eigenvalue weighted by atomic mass is 19.4. The minimum Gasteiger partial charge on any atom is -0.395 e. The Bertz CT molecular complexity index is 573. The molecule has 7 heteroatoms. The molecular weight excluding hydrogens is 290 g/mol. The van der Waals surface area contributed by atoms with Crippen molar-refractivity contribution < 1.29 is 27.5 Å². The molecule has 0 aromatic heterocycles. The van der Waals surface area contributed by atoms with Crippen LogP contribution in [0, 0.1) is 17.7 Å². The zero-order chi connectivity index (χ0) is 16.0. The van der Waals surface area contributed by atoms with Gasteiger partial charge in [-0.15, -0.1) is 0 Å². The van der Waals surface area contributed by atoms with Gasteiger partial charge in [0.15, 0.2) is 0 Å². The van der Waals surface area contributed by atoms with Crippen molar-refractivity contribution in [3.05, 3.63) is 35.1 Å². The van der Waals surface area contributed by atoms with E-state index in [0.717, 1.165) is 19.2 Å². The van der Waals surface area contributed by atoms with Crippen LogP contribution in [0.4, 0.5) is 17.6 Å². The lowest BCUT2D eigenvalue weighted by atomic mass is 10.1. The van der Waals surface area contributed by atoms with Gasteiger partial charge in [0.05, 0.1) is 12.2 Å². The molecule has 0 fully saturated rings. The van der Waals surface area contributed by atoms with Crippen molar-refractivity contribution in [1.29, 1.82) is 0 Å². The van der Waals surface area contributed by atoms with Crippen molar-refractivity contribution in [2.75, 3.05) is 20.2 Å². The highest BCUT2D eigenvalue weighted by Crippen LogP contribution is 2.18. The lowest BCUT2D eigenvalue weighted by Crippen LogP contribution is -2.36. The zero-order valence-electron chi connectivity index (χ0n) is 11.2. The lowest BCUT2D eigenvalue weighted by molar-refractivity contribution is -0.138. The van der Waals surface area contributed by atoms with Gasteiger partial charge < -0.3 is 10.0 Å². The first-order chi connectivity index (χ1) is 9.74. The van der Waals surface area contributed by atoms with Gasteiger partial charge in [0, 0.05) is 19.0 Å². The maximum Gasteiger partial charge on any atom is 0.406 e. The summed E-state index contributed by atoms with van der Waals surface area (Å²) >= 11 is 0. The fourth-order valence-electron chi connectivity index (χ4n) is 1.56. The zero-order valence-corrected chi connectivity index (χ0v) is 11.2. The average molecular weight is 303 g/mol. The standard InChI is InChI=1S/C14H13F4NO2/c1-19(9-14(16,17)18)13(21)12-8-11(15)6-5-10(12)4-2-3-7-20/h5-6,8,20H,3,7,9H2,1H3. The fraction of sp³-hybridized carbons (Fsp3) is 0.357. The van der Waals surface area contributed by atoms with Crippen LogP contribution in [0.5, 0.6) is 0 Å². The smallest absolute Gasteiger partial charge is 0.395 e. The quantitative estimate of drug-likeness (QED) is 0.687. The van der Waals surface area contributed by atoms with Gasteiger partial charge >= 0.3 is 6.18 Å². The van der Waals surface area contributed by atoms with Crippen molar-refractivity contribution in [3.63, 3.8) is 0 Å². The van der Waals surface area contributed by atoms with E-state index in [2.05, 4.69) is 11.8 Å². The second-order valence-corrected chi connectivity index (χ2v) is 4.24. The Morgan fingerprint density at radius 2 is 2.05 bits per heavy atom. The average Bonchev–Trinajstić information content (AvgIpc) is 2.37. The van der Waals surface area contributed by atoms with Crippen LogP contribution in [0.25, 0.3) is 0 Å². The van der Waals surface area contributed by atoms with Crippen LogP contribution in [0.3, 0.4) is 0 Å². The number of hydrogen-bond acceptors (Lipinski definition) is 2. The summed E-state index contributed by atoms with van der Waals surface area (Å²) in [6.45, 7) is -1.63. The first kappa shape index (κ1) is 17.0. The predicted molar refractivity (Wildman–Crippen MR) is 68.0 cm³/mol. The number of rotatable bonds is 3. The lowest BCUT2D eigenvalue weighted by Gasteiger charge is -2.19. The summed E-state index contributed by atoms with van der Waals surface area (Å²) in [7, 11) is 0.978. The number of halogens is 4. The topological polar surface area (TPSA) is 40.5 Å². The van der Waals surface area contributed by atoms with Gasteiger partial charge in [0.25, 0.3) is 5.91 Å². The normalized spacial score (nSPS) is 10.8. The molecule has 0 aliphatic carbocycles. The van der Waals surface area contributed by atoms with Crippen molar-refractivity contribution in [3.8, 4) is 11.8 Å². The highest BCUT2D eigenvalue weighted by molar-refractivity contribution is 5.96. The fourth-order valence-corrected chi connectivity index (χ4v) is 1.56. The van der Waals surface area contributed by atoms with E-state index in [0.29, 0.717) is 4.90 Å². The number of carbonyl (C=O) groups excluding carboxylic acids is 1. The van der Waals surface area contributed by atoms with E-state index >= 15 is 0 Å². The molecule has 0 spiro atoms. The summed E-state index contributed by atoms with van der Waals surface area (Å²) in [6.07, 6.45) is -4.40. The Labute approximate surface area is 119 Å². The first-order valence-electron chi connectivity index (χ1n) is 5.96. The third-order valence-corrected chi connectivity index (χ3v) is 2.44. The Balaban J connectivity index is 3.08. The first-order valence-corrected chi connectivity index (χ1v) is 5.96. The van der Waals surface area contributed by atoms with Gasteiger partial charge in [0.2, 0.25) is 0 Å². The maximum absolute atomic E-state index is 13.2. The van der Waals surface area contributed by atoms with Crippen LogP contribution < -0.4 is 0 Å². The Morgan fingerprint density at radius 3 is 2.62 bits per heavy atom. The van der Waals surface area contributed by atoms with Crippen LogP contribution in [0.1, 0.15) is 22.3 Å². The molecule has 0 saturated carbocycles. The molecule has 1 aromatic carbocycles. The summed E-state index contributed by atoms with van der Waals surface area (Å²) in [5.74, 6) is 3.36. The summed E-state index contributed by atoms with van der Waals surface area (Å²) in [5.41, 5.74) is -0.129. The molecule has 114 valence electrons. The number of hydrogen-bond donors (Lipinski definition) is 1. The summed E-state index contributed by atoms with van der Waals surface area (Å²) < 4.78 is 50.1. The van der Waals surface area contributed by atoms with Gasteiger partial charge in [0.1, 0.15) is 12.4 Å². The number of aliphatic hydroxyl groups is 1. The molecule has 1 amide bonds. The van der Waals surface area contributed by atoms with Crippen LogP contribution in [0.15, 0.2) is 18.2 Å². The summed E-state index contributed by atoms with van der Waals surface area (Å²) in [4.78, 5) is 12.4. The van der Waals surface area contributed by atoms with Gasteiger partial charge in [-0.05, 0) is 18.2 Å². The van der Waals surface area contributed by atoms with Gasteiger partial charge in [-0.1, -0.05) is 11.8 Å². The molecular formula is C14H13F4NO2. The van der Waals surface area contributed by atoms with E-state index in [1.54, 1.807) is 0 Å². The number of alkyl halides is 3. The molecule has 0 atom stereocenters. The van der Waals surface area contributed by atoms with E-state index in [9.17, 15) is 22.4 Å². The number of benzene rings is 1. The molecule has 0 heterocycles. The van der Waals surface area contributed by atoms with Crippen molar-refractivity contribution in [1.82, 2.24) is 4.90 Å². The minimum absolute atomic E-state index is 0.115. The molecule has 0 saturated heterocycles.